The molecule has 0 saturated carbocycles. The first kappa shape index (κ1) is 12.7. The Bertz CT molecular complexity index is 353. The van der Waals surface area contributed by atoms with Gasteiger partial charge in [0, 0.05) is 6.42 Å². The molecule has 0 radical (unpaired) electrons. The van der Waals surface area contributed by atoms with Crippen molar-refractivity contribution < 1.29 is 15.0 Å². The first-order valence-electron chi connectivity index (χ1n) is 5.24. The zero-order valence-electron chi connectivity index (χ0n) is 9.26. The van der Waals surface area contributed by atoms with Gasteiger partial charge in [-0.2, -0.15) is 0 Å². The van der Waals surface area contributed by atoms with E-state index in [0.29, 0.717) is 6.42 Å². The lowest BCUT2D eigenvalue weighted by Crippen LogP contribution is -2.53. The van der Waals surface area contributed by atoms with E-state index in [0.717, 1.165) is 5.56 Å². The quantitative estimate of drug-likeness (QED) is 0.689. The molecule has 1 aromatic carbocycles. The fourth-order valence-electron chi connectivity index (χ4n) is 1.63. The van der Waals surface area contributed by atoms with Gasteiger partial charge in [-0.3, -0.25) is 4.79 Å². The van der Waals surface area contributed by atoms with Gasteiger partial charge in [0.2, 0.25) is 0 Å². The summed E-state index contributed by atoms with van der Waals surface area (Å²) in [7, 11) is 0. The summed E-state index contributed by atoms with van der Waals surface area (Å²) in [5.41, 5.74) is 4.99. The number of benzene rings is 1. The molecule has 0 bridgehead atoms. The Balaban J connectivity index is 2.86. The van der Waals surface area contributed by atoms with Crippen molar-refractivity contribution in [3.05, 3.63) is 35.9 Å². The van der Waals surface area contributed by atoms with Crippen LogP contribution in [-0.4, -0.2) is 27.8 Å². The van der Waals surface area contributed by atoms with Crippen LogP contribution >= 0.6 is 0 Å². The molecule has 0 fully saturated rings. The minimum absolute atomic E-state index is 0.248. The van der Waals surface area contributed by atoms with Crippen molar-refractivity contribution in [1.82, 2.24) is 0 Å². The third-order valence-electron chi connectivity index (χ3n) is 2.81. The van der Waals surface area contributed by atoms with Crippen molar-refractivity contribution in [1.29, 1.82) is 0 Å². The van der Waals surface area contributed by atoms with E-state index in [4.69, 9.17) is 10.8 Å². The Morgan fingerprint density at radius 2 is 2.00 bits per heavy atom. The number of aliphatic hydroxyl groups is 1. The van der Waals surface area contributed by atoms with Gasteiger partial charge in [0.05, 0.1) is 5.60 Å². The zero-order chi connectivity index (χ0) is 12.2. The third kappa shape index (κ3) is 2.81. The second kappa shape index (κ2) is 5.09. The Morgan fingerprint density at radius 1 is 1.44 bits per heavy atom. The second-order valence-corrected chi connectivity index (χ2v) is 3.94. The SMILES string of the molecule is CCC(O)(Cc1ccccc1)[C@H](N)C(=O)O. The lowest BCUT2D eigenvalue weighted by atomic mass is 9.85. The summed E-state index contributed by atoms with van der Waals surface area (Å²) in [4.78, 5) is 10.8. The smallest absolute Gasteiger partial charge is 0.323 e. The lowest BCUT2D eigenvalue weighted by molar-refractivity contribution is -0.145. The molecule has 4 heteroatoms. The number of aliphatic carboxylic acids is 1. The first-order valence-corrected chi connectivity index (χ1v) is 5.24. The van der Waals surface area contributed by atoms with E-state index in [9.17, 15) is 9.90 Å². The fraction of sp³-hybridized carbons (Fsp3) is 0.417. The monoisotopic (exact) mass is 223 g/mol. The normalized spacial score (nSPS) is 16.4. The fourth-order valence-corrected chi connectivity index (χ4v) is 1.63. The lowest BCUT2D eigenvalue weighted by Gasteiger charge is -2.30. The minimum Gasteiger partial charge on any atom is -0.480 e. The topological polar surface area (TPSA) is 83.5 Å². The van der Waals surface area contributed by atoms with E-state index in [1.54, 1.807) is 6.92 Å². The second-order valence-electron chi connectivity index (χ2n) is 3.94. The molecule has 1 rings (SSSR count). The van der Waals surface area contributed by atoms with E-state index >= 15 is 0 Å². The molecule has 2 atom stereocenters. The predicted octanol–water partition coefficient (Wildman–Crippen LogP) is 0.782. The maximum atomic E-state index is 10.8. The van der Waals surface area contributed by atoms with Crippen LogP contribution in [-0.2, 0) is 11.2 Å². The highest BCUT2D eigenvalue weighted by atomic mass is 16.4. The molecule has 0 saturated heterocycles. The summed E-state index contributed by atoms with van der Waals surface area (Å²) in [5, 5.41) is 19.0. The summed E-state index contributed by atoms with van der Waals surface area (Å²) >= 11 is 0. The minimum atomic E-state index is -1.40. The van der Waals surface area contributed by atoms with Gasteiger partial charge in [-0.25, -0.2) is 0 Å². The molecule has 0 aliphatic rings. The van der Waals surface area contributed by atoms with Crippen molar-refractivity contribution in [2.24, 2.45) is 5.73 Å². The van der Waals surface area contributed by atoms with Gasteiger partial charge in [-0.05, 0) is 12.0 Å². The number of hydrogen-bond donors (Lipinski definition) is 3. The molecule has 0 aliphatic heterocycles. The van der Waals surface area contributed by atoms with Gasteiger partial charge in [-0.15, -0.1) is 0 Å². The number of nitrogens with two attached hydrogens (primary N) is 1. The van der Waals surface area contributed by atoms with E-state index < -0.39 is 17.6 Å². The van der Waals surface area contributed by atoms with Gasteiger partial charge in [-0.1, -0.05) is 37.3 Å². The number of carbonyl (C=O) groups is 1. The van der Waals surface area contributed by atoms with E-state index in [1.165, 1.54) is 0 Å². The van der Waals surface area contributed by atoms with Crippen LogP contribution in [0.1, 0.15) is 18.9 Å². The van der Waals surface area contributed by atoms with Crippen LogP contribution in [0.4, 0.5) is 0 Å². The van der Waals surface area contributed by atoms with Crippen LogP contribution in [0.3, 0.4) is 0 Å². The molecule has 1 aromatic rings. The molecule has 4 nitrogen and oxygen atoms in total. The Labute approximate surface area is 94.7 Å². The van der Waals surface area contributed by atoms with Gasteiger partial charge in [0.25, 0.3) is 0 Å². The Hall–Kier alpha value is -1.39. The molecule has 88 valence electrons. The number of carboxylic acid groups (broad SMARTS) is 1. The van der Waals surface area contributed by atoms with Crippen LogP contribution in [0.15, 0.2) is 30.3 Å². The first-order chi connectivity index (χ1) is 7.49. The molecule has 0 aromatic heterocycles. The molecular weight excluding hydrogens is 206 g/mol. The maximum absolute atomic E-state index is 10.8. The van der Waals surface area contributed by atoms with E-state index in [2.05, 4.69) is 0 Å². The van der Waals surface area contributed by atoms with Crippen LogP contribution in [0, 0.1) is 0 Å². The Morgan fingerprint density at radius 3 is 2.44 bits per heavy atom. The standard InChI is InChI=1S/C12H17NO3/c1-2-12(16,10(13)11(14)15)8-9-6-4-3-5-7-9/h3-7,10,16H,2,8,13H2,1H3,(H,14,15)/t10-,12?/m1/s1. The average Bonchev–Trinajstić information content (AvgIpc) is 2.29. The largest absolute Gasteiger partial charge is 0.480 e. The number of rotatable bonds is 5. The van der Waals surface area contributed by atoms with Crippen molar-refractivity contribution in [2.75, 3.05) is 0 Å². The van der Waals surface area contributed by atoms with Gasteiger partial charge >= 0.3 is 5.97 Å². The molecule has 0 spiro atoms. The Kier molecular flexibility index (Phi) is 4.04. The highest BCUT2D eigenvalue weighted by molar-refractivity contribution is 5.74. The van der Waals surface area contributed by atoms with E-state index in [1.807, 2.05) is 30.3 Å². The van der Waals surface area contributed by atoms with Crippen LogP contribution in [0.25, 0.3) is 0 Å². The van der Waals surface area contributed by atoms with Crippen molar-refractivity contribution in [3.8, 4) is 0 Å². The van der Waals surface area contributed by atoms with Crippen molar-refractivity contribution >= 4 is 5.97 Å². The maximum Gasteiger partial charge on any atom is 0.323 e. The number of hydrogen-bond acceptors (Lipinski definition) is 3. The number of carboxylic acids is 1. The molecule has 16 heavy (non-hydrogen) atoms. The van der Waals surface area contributed by atoms with Crippen LogP contribution < -0.4 is 5.73 Å². The van der Waals surface area contributed by atoms with Crippen LogP contribution in [0.5, 0.6) is 0 Å². The van der Waals surface area contributed by atoms with E-state index in [-0.39, 0.29) is 6.42 Å². The predicted molar refractivity (Wildman–Crippen MR) is 61.0 cm³/mol. The van der Waals surface area contributed by atoms with Gasteiger partial charge in [0.1, 0.15) is 6.04 Å². The summed E-state index contributed by atoms with van der Waals surface area (Å²) in [5.74, 6) is -1.18. The zero-order valence-corrected chi connectivity index (χ0v) is 9.26. The highest BCUT2D eigenvalue weighted by Gasteiger charge is 2.37. The third-order valence-corrected chi connectivity index (χ3v) is 2.81. The summed E-state index contributed by atoms with van der Waals surface area (Å²) < 4.78 is 0. The molecule has 4 N–H and O–H groups in total. The highest BCUT2D eigenvalue weighted by Crippen LogP contribution is 2.20. The van der Waals surface area contributed by atoms with Crippen molar-refractivity contribution in [2.45, 2.75) is 31.4 Å². The summed E-state index contributed by atoms with van der Waals surface area (Å²) in [6, 6.07) is 7.98. The molecular formula is C12H17NO3. The van der Waals surface area contributed by atoms with Crippen molar-refractivity contribution in [3.63, 3.8) is 0 Å². The molecule has 0 aliphatic carbocycles. The summed E-state index contributed by atoms with van der Waals surface area (Å²) in [6.07, 6.45) is 0.549. The molecule has 0 heterocycles. The van der Waals surface area contributed by atoms with Gasteiger partial charge in [0.15, 0.2) is 0 Å². The molecule has 0 amide bonds. The average molecular weight is 223 g/mol. The van der Waals surface area contributed by atoms with Crippen LogP contribution in [0.2, 0.25) is 0 Å². The van der Waals surface area contributed by atoms with Gasteiger partial charge < -0.3 is 15.9 Å². The molecule has 1 unspecified atom stereocenters. The summed E-state index contributed by atoms with van der Waals surface area (Å²) in [6.45, 7) is 1.73.